The van der Waals surface area contributed by atoms with Crippen LogP contribution in [0.2, 0.25) is 0 Å². The number of anilines is 1. The summed E-state index contributed by atoms with van der Waals surface area (Å²) in [6, 6.07) is 14.1. The number of aliphatic hydroxyl groups is 1. The number of amides is 2. The molecule has 1 fully saturated rings. The van der Waals surface area contributed by atoms with Crippen LogP contribution in [0.5, 0.6) is 0 Å². The first-order valence-corrected chi connectivity index (χ1v) is 10.7. The Morgan fingerprint density at radius 1 is 1.03 bits per heavy atom. The van der Waals surface area contributed by atoms with Crippen molar-refractivity contribution < 1.29 is 24.2 Å². The lowest BCUT2D eigenvalue weighted by Gasteiger charge is -2.34. The van der Waals surface area contributed by atoms with E-state index in [0.717, 1.165) is 5.56 Å². The number of carbonyl (C=O) groups excluding carboxylic acids is 3. The van der Waals surface area contributed by atoms with Gasteiger partial charge in [0, 0.05) is 31.3 Å². The molecule has 7 heteroatoms. The predicted molar refractivity (Wildman–Crippen MR) is 120 cm³/mol. The van der Waals surface area contributed by atoms with Gasteiger partial charge in [0.15, 0.2) is 5.54 Å². The molecule has 1 unspecified atom stereocenters. The molecule has 2 aromatic carbocycles. The Hall–Kier alpha value is -3.45. The lowest BCUT2D eigenvalue weighted by Crippen LogP contribution is -2.52. The summed E-state index contributed by atoms with van der Waals surface area (Å²) in [6.45, 7) is 4.46. The highest BCUT2D eigenvalue weighted by molar-refractivity contribution is 6.50. The van der Waals surface area contributed by atoms with Gasteiger partial charge in [-0.15, -0.1) is 0 Å². The third-order valence-electron chi connectivity index (χ3n) is 6.10. The molecule has 7 nitrogen and oxygen atoms in total. The van der Waals surface area contributed by atoms with Crippen LogP contribution in [-0.4, -0.2) is 54.4 Å². The quantitative estimate of drug-likeness (QED) is 0.429. The first-order valence-electron chi connectivity index (χ1n) is 10.7. The Morgan fingerprint density at radius 3 is 2.38 bits per heavy atom. The third-order valence-corrected chi connectivity index (χ3v) is 6.10. The second kappa shape index (κ2) is 8.24. The minimum Gasteiger partial charge on any atom is -0.507 e. The minimum atomic E-state index is -1.73. The van der Waals surface area contributed by atoms with Crippen molar-refractivity contribution in [2.75, 3.05) is 31.7 Å². The average Bonchev–Trinajstić information content (AvgIpc) is 3.17. The van der Waals surface area contributed by atoms with Crippen LogP contribution >= 0.6 is 0 Å². The molecule has 4 rings (SSSR count). The molecule has 2 amide bonds. The van der Waals surface area contributed by atoms with E-state index in [9.17, 15) is 19.5 Å². The lowest BCUT2D eigenvalue weighted by molar-refractivity contribution is -0.144. The molecule has 1 spiro atoms. The molecule has 1 N–H and O–H groups in total. The molecule has 0 aliphatic carbocycles. The molecule has 0 bridgehead atoms. The normalized spacial score (nSPS) is 21.7. The van der Waals surface area contributed by atoms with Gasteiger partial charge in [0.25, 0.3) is 17.6 Å². The zero-order chi connectivity index (χ0) is 23.0. The highest BCUT2D eigenvalue weighted by atomic mass is 16.5. The SMILES string of the molecule is CCCN1C(=O)C2(/C(=C(\O)c3ccc(C)cc3)C(=O)C(=O)N2CCOC)c2ccccc21. The molecule has 0 radical (unpaired) electrons. The van der Waals surface area contributed by atoms with E-state index in [1.807, 2.05) is 19.9 Å². The van der Waals surface area contributed by atoms with Crippen LogP contribution in [0.15, 0.2) is 54.1 Å². The maximum atomic E-state index is 14.0. The van der Waals surface area contributed by atoms with Crippen molar-refractivity contribution in [2.24, 2.45) is 0 Å². The minimum absolute atomic E-state index is 0.0335. The van der Waals surface area contributed by atoms with E-state index in [-0.39, 0.29) is 24.5 Å². The topological polar surface area (TPSA) is 87.2 Å². The number of ether oxygens (including phenoxy) is 1. The molecule has 0 saturated carbocycles. The predicted octanol–water partition coefficient (Wildman–Crippen LogP) is 2.97. The highest BCUT2D eigenvalue weighted by Gasteiger charge is 2.66. The fourth-order valence-corrected chi connectivity index (χ4v) is 4.65. The number of ketones is 1. The van der Waals surface area contributed by atoms with E-state index in [1.54, 1.807) is 47.4 Å². The molecule has 166 valence electrons. The number of aliphatic hydroxyl groups excluding tert-OH is 1. The number of hydrogen-bond donors (Lipinski definition) is 1. The summed E-state index contributed by atoms with van der Waals surface area (Å²) in [7, 11) is 1.49. The number of aryl methyl sites for hydroxylation is 1. The van der Waals surface area contributed by atoms with Crippen molar-refractivity contribution in [3.8, 4) is 0 Å². The maximum Gasteiger partial charge on any atom is 0.296 e. The fraction of sp³-hybridized carbons (Fsp3) is 0.320. The molecular formula is C25H26N2O5. The number of nitrogens with zero attached hydrogens (tertiary/aromatic N) is 2. The van der Waals surface area contributed by atoms with Crippen LogP contribution in [-0.2, 0) is 24.7 Å². The first kappa shape index (κ1) is 21.8. The van der Waals surface area contributed by atoms with Gasteiger partial charge in [0.1, 0.15) is 5.76 Å². The Kier molecular flexibility index (Phi) is 5.60. The zero-order valence-electron chi connectivity index (χ0n) is 18.4. The van der Waals surface area contributed by atoms with Crippen molar-refractivity contribution in [3.05, 3.63) is 70.8 Å². The number of Topliss-reactive ketones (excluding diaryl/α,β-unsaturated/α-hetero) is 1. The number of methoxy groups -OCH3 is 1. The van der Waals surface area contributed by atoms with Gasteiger partial charge in [0.2, 0.25) is 0 Å². The van der Waals surface area contributed by atoms with Crippen molar-refractivity contribution in [1.29, 1.82) is 0 Å². The summed E-state index contributed by atoms with van der Waals surface area (Å²) >= 11 is 0. The standard InChI is InChI=1S/C25H26N2O5/c1-4-13-26-19-8-6-5-7-18(19)25(24(26)31)20(21(28)17-11-9-16(2)10-12-17)22(29)23(30)27(25)14-15-32-3/h5-12,28H,4,13-15H2,1-3H3/b21-20-. The van der Waals surface area contributed by atoms with E-state index in [0.29, 0.717) is 29.8 Å². The van der Waals surface area contributed by atoms with Gasteiger partial charge in [-0.05, 0) is 19.4 Å². The van der Waals surface area contributed by atoms with E-state index >= 15 is 0 Å². The van der Waals surface area contributed by atoms with Crippen LogP contribution in [0.1, 0.15) is 30.0 Å². The van der Waals surface area contributed by atoms with Gasteiger partial charge in [-0.25, -0.2) is 0 Å². The number of fused-ring (bicyclic) bond motifs is 2. The van der Waals surface area contributed by atoms with E-state index in [4.69, 9.17) is 4.74 Å². The van der Waals surface area contributed by atoms with Gasteiger partial charge in [-0.1, -0.05) is 55.0 Å². The second-order valence-electron chi connectivity index (χ2n) is 8.05. The highest BCUT2D eigenvalue weighted by Crippen LogP contribution is 2.53. The molecule has 2 heterocycles. The van der Waals surface area contributed by atoms with Crippen LogP contribution < -0.4 is 4.90 Å². The van der Waals surface area contributed by atoms with Crippen molar-refractivity contribution >= 4 is 29.0 Å². The molecule has 1 atom stereocenters. The lowest BCUT2D eigenvalue weighted by atomic mass is 9.82. The van der Waals surface area contributed by atoms with Gasteiger partial charge in [0.05, 0.1) is 17.9 Å². The van der Waals surface area contributed by atoms with E-state index in [1.165, 1.54) is 12.0 Å². The van der Waals surface area contributed by atoms with Gasteiger partial charge in [-0.2, -0.15) is 0 Å². The van der Waals surface area contributed by atoms with Gasteiger partial charge >= 0.3 is 0 Å². The summed E-state index contributed by atoms with van der Waals surface area (Å²) in [5, 5.41) is 11.3. The number of carbonyl (C=O) groups is 3. The Balaban J connectivity index is 2.05. The molecule has 2 aliphatic heterocycles. The second-order valence-corrected chi connectivity index (χ2v) is 8.05. The van der Waals surface area contributed by atoms with Crippen LogP contribution in [0.25, 0.3) is 5.76 Å². The number of rotatable bonds is 6. The van der Waals surface area contributed by atoms with Crippen LogP contribution in [0, 0.1) is 6.92 Å². The molecular weight excluding hydrogens is 408 g/mol. The first-order chi connectivity index (χ1) is 15.4. The van der Waals surface area contributed by atoms with Crippen molar-refractivity contribution in [2.45, 2.75) is 25.8 Å². The molecule has 0 aromatic heterocycles. The van der Waals surface area contributed by atoms with Crippen molar-refractivity contribution in [3.63, 3.8) is 0 Å². The number of benzene rings is 2. The molecule has 32 heavy (non-hydrogen) atoms. The summed E-state index contributed by atoms with van der Waals surface area (Å²) < 4.78 is 5.17. The third kappa shape index (κ3) is 2.96. The summed E-state index contributed by atoms with van der Waals surface area (Å²) in [5.41, 5.74) is 0.583. The smallest absolute Gasteiger partial charge is 0.296 e. The van der Waals surface area contributed by atoms with E-state index in [2.05, 4.69) is 0 Å². The number of para-hydroxylation sites is 1. The molecule has 2 aromatic rings. The largest absolute Gasteiger partial charge is 0.507 e. The molecule has 2 aliphatic rings. The number of hydrogen-bond acceptors (Lipinski definition) is 5. The van der Waals surface area contributed by atoms with Gasteiger partial charge in [-0.3, -0.25) is 14.4 Å². The maximum absolute atomic E-state index is 14.0. The Labute approximate surface area is 186 Å². The Morgan fingerprint density at radius 2 is 1.72 bits per heavy atom. The fourth-order valence-electron chi connectivity index (χ4n) is 4.65. The number of likely N-dealkylation sites (tertiary alicyclic amines) is 1. The van der Waals surface area contributed by atoms with Crippen LogP contribution in [0.4, 0.5) is 5.69 Å². The van der Waals surface area contributed by atoms with Crippen LogP contribution in [0.3, 0.4) is 0 Å². The average molecular weight is 434 g/mol. The summed E-state index contributed by atoms with van der Waals surface area (Å²) in [4.78, 5) is 43.4. The monoisotopic (exact) mass is 434 g/mol. The summed E-state index contributed by atoms with van der Waals surface area (Å²) in [6.07, 6.45) is 0.694. The zero-order valence-corrected chi connectivity index (χ0v) is 18.4. The van der Waals surface area contributed by atoms with Gasteiger partial charge < -0.3 is 19.6 Å². The summed E-state index contributed by atoms with van der Waals surface area (Å²) in [5.74, 6) is -2.47. The van der Waals surface area contributed by atoms with Crippen molar-refractivity contribution in [1.82, 2.24) is 4.90 Å². The molecule has 1 saturated heterocycles. The van der Waals surface area contributed by atoms with E-state index < -0.39 is 23.1 Å². The Bertz CT molecular complexity index is 1120.